The third kappa shape index (κ3) is 3.68. The summed E-state index contributed by atoms with van der Waals surface area (Å²) in [5.41, 5.74) is 0. The Labute approximate surface area is 137 Å². The lowest BCUT2D eigenvalue weighted by molar-refractivity contribution is 0.187. The van der Waals surface area contributed by atoms with Crippen LogP contribution in [0.25, 0.3) is 0 Å². The Morgan fingerprint density at radius 2 is 2.04 bits per heavy atom. The summed E-state index contributed by atoms with van der Waals surface area (Å²) < 4.78 is 25.2. The van der Waals surface area contributed by atoms with E-state index in [0.29, 0.717) is 19.5 Å². The van der Waals surface area contributed by atoms with Crippen molar-refractivity contribution in [3.8, 4) is 0 Å². The molecule has 0 radical (unpaired) electrons. The first-order valence-corrected chi connectivity index (χ1v) is 10.1. The van der Waals surface area contributed by atoms with Crippen molar-refractivity contribution in [2.45, 2.75) is 49.4 Å². The Morgan fingerprint density at radius 1 is 1.26 bits per heavy atom. The molecule has 1 aromatic rings. The molecule has 1 aromatic heterocycles. The van der Waals surface area contributed by atoms with Gasteiger partial charge in [0.1, 0.15) is 0 Å². The minimum Gasteiger partial charge on any atom is -0.333 e. The zero-order chi connectivity index (χ0) is 16.4. The van der Waals surface area contributed by atoms with Crippen LogP contribution in [0.15, 0.2) is 18.5 Å². The second-order valence-electron chi connectivity index (χ2n) is 6.58. The van der Waals surface area contributed by atoms with E-state index in [4.69, 9.17) is 0 Å². The number of likely N-dealkylation sites (tertiary alicyclic amines) is 1. The van der Waals surface area contributed by atoms with Crippen molar-refractivity contribution in [3.05, 3.63) is 18.5 Å². The number of nitrogens with zero attached hydrogens (tertiary/aromatic N) is 3. The lowest BCUT2D eigenvalue weighted by Crippen LogP contribution is -2.48. The molecule has 7 nitrogen and oxygen atoms in total. The lowest BCUT2D eigenvalue weighted by Gasteiger charge is -2.33. The van der Waals surface area contributed by atoms with Gasteiger partial charge in [0.2, 0.25) is 0 Å². The molecule has 0 unspecified atom stereocenters. The summed E-state index contributed by atoms with van der Waals surface area (Å²) in [4.78, 5) is 14.1. The molecule has 23 heavy (non-hydrogen) atoms. The van der Waals surface area contributed by atoms with Gasteiger partial charge in [-0.05, 0) is 25.3 Å². The molecule has 1 saturated heterocycles. The van der Waals surface area contributed by atoms with E-state index in [2.05, 4.69) is 10.4 Å². The number of carbonyl (C=O) groups excluding carboxylic acids is 1. The number of rotatable bonds is 3. The number of aromatic nitrogens is 2. The molecule has 2 heterocycles. The van der Waals surface area contributed by atoms with Crippen LogP contribution in [0.5, 0.6) is 0 Å². The molecule has 128 valence electrons. The Kier molecular flexibility index (Phi) is 4.61. The molecule has 8 heteroatoms. The molecule has 1 saturated carbocycles. The Morgan fingerprint density at radius 3 is 2.70 bits per heavy atom. The highest BCUT2D eigenvalue weighted by atomic mass is 32.2. The minimum atomic E-state index is -3.08. The number of urea groups is 1. The van der Waals surface area contributed by atoms with E-state index in [9.17, 15) is 13.2 Å². The SMILES string of the molecule is CS(=O)(=O)[C@@H]1CCN(C(=O)N[C@H]2CCCC[C@H]2n2cccn2)C1. The molecule has 0 aromatic carbocycles. The number of nitrogens with one attached hydrogen (secondary N) is 1. The fourth-order valence-corrected chi connectivity index (χ4v) is 4.57. The summed E-state index contributed by atoms with van der Waals surface area (Å²) in [7, 11) is -3.08. The molecule has 1 N–H and O–H groups in total. The number of hydrogen-bond donors (Lipinski definition) is 1. The monoisotopic (exact) mass is 340 g/mol. The zero-order valence-corrected chi connectivity index (χ0v) is 14.2. The molecule has 0 spiro atoms. The first-order chi connectivity index (χ1) is 10.9. The van der Waals surface area contributed by atoms with Gasteiger partial charge in [-0.25, -0.2) is 13.2 Å². The number of amides is 2. The summed E-state index contributed by atoms with van der Waals surface area (Å²) in [6, 6.07) is 1.97. The molecule has 3 rings (SSSR count). The molecular formula is C15H24N4O3S. The summed E-state index contributed by atoms with van der Waals surface area (Å²) >= 11 is 0. The van der Waals surface area contributed by atoms with Gasteiger partial charge in [-0.1, -0.05) is 12.8 Å². The van der Waals surface area contributed by atoms with Crippen molar-refractivity contribution in [1.82, 2.24) is 20.0 Å². The zero-order valence-electron chi connectivity index (χ0n) is 13.4. The van der Waals surface area contributed by atoms with E-state index in [0.717, 1.165) is 25.7 Å². The quantitative estimate of drug-likeness (QED) is 0.896. The standard InChI is InChI=1S/C15H24N4O3S/c1-23(21,22)12-7-10-18(11-12)15(20)17-13-5-2-3-6-14(13)19-9-4-8-16-19/h4,8-9,12-14H,2-3,5-7,10-11H2,1H3,(H,17,20)/t12-,13+,14-/m1/s1. The Balaban J connectivity index is 1.62. The van der Waals surface area contributed by atoms with E-state index in [1.54, 1.807) is 11.1 Å². The smallest absolute Gasteiger partial charge is 0.317 e. The van der Waals surface area contributed by atoms with E-state index >= 15 is 0 Å². The molecule has 2 amide bonds. The van der Waals surface area contributed by atoms with Crippen molar-refractivity contribution < 1.29 is 13.2 Å². The van der Waals surface area contributed by atoms with Gasteiger partial charge in [-0.2, -0.15) is 5.10 Å². The molecule has 1 aliphatic carbocycles. The molecule has 2 aliphatic rings. The van der Waals surface area contributed by atoms with Gasteiger partial charge >= 0.3 is 6.03 Å². The van der Waals surface area contributed by atoms with Crippen LogP contribution in [0, 0.1) is 0 Å². The van der Waals surface area contributed by atoms with E-state index in [1.165, 1.54) is 6.26 Å². The highest BCUT2D eigenvalue weighted by Crippen LogP contribution is 2.28. The van der Waals surface area contributed by atoms with Gasteiger partial charge in [0.15, 0.2) is 9.84 Å². The van der Waals surface area contributed by atoms with Gasteiger partial charge < -0.3 is 10.2 Å². The summed E-state index contributed by atoms with van der Waals surface area (Å²) in [5.74, 6) is 0. The molecule has 3 atom stereocenters. The molecule has 1 aliphatic heterocycles. The van der Waals surface area contributed by atoms with Crippen molar-refractivity contribution in [3.63, 3.8) is 0 Å². The molecule has 2 fully saturated rings. The van der Waals surface area contributed by atoms with E-state index in [-0.39, 0.29) is 18.1 Å². The Hall–Kier alpha value is -1.57. The molecule has 0 bridgehead atoms. The van der Waals surface area contributed by atoms with Gasteiger partial charge in [-0.3, -0.25) is 4.68 Å². The van der Waals surface area contributed by atoms with Crippen molar-refractivity contribution in [2.75, 3.05) is 19.3 Å². The average molecular weight is 340 g/mol. The third-order valence-corrected chi connectivity index (χ3v) is 6.54. The number of sulfone groups is 1. The maximum absolute atomic E-state index is 12.5. The van der Waals surface area contributed by atoms with Gasteiger partial charge in [0.05, 0.1) is 17.3 Å². The summed E-state index contributed by atoms with van der Waals surface area (Å²) in [6.07, 6.45) is 9.62. The maximum Gasteiger partial charge on any atom is 0.317 e. The highest BCUT2D eigenvalue weighted by Gasteiger charge is 2.35. The topological polar surface area (TPSA) is 84.3 Å². The first-order valence-electron chi connectivity index (χ1n) is 8.18. The van der Waals surface area contributed by atoms with Crippen LogP contribution >= 0.6 is 0 Å². The predicted octanol–water partition coefficient (Wildman–Crippen LogP) is 1.20. The van der Waals surface area contributed by atoms with Crippen LogP contribution in [-0.4, -0.2) is 59.8 Å². The number of hydrogen-bond acceptors (Lipinski definition) is 4. The van der Waals surface area contributed by atoms with Crippen molar-refractivity contribution in [2.24, 2.45) is 0 Å². The maximum atomic E-state index is 12.5. The van der Waals surface area contributed by atoms with Crippen LogP contribution in [0.4, 0.5) is 4.79 Å². The van der Waals surface area contributed by atoms with E-state index in [1.807, 2.05) is 16.9 Å². The lowest BCUT2D eigenvalue weighted by atomic mass is 9.90. The Bertz CT molecular complexity index is 644. The van der Waals surface area contributed by atoms with Crippen LogP contribution in [0.1, 0.15) is 38.1 Å². The van der Waals surface area contributed by atoms with Crippen LogP contribution in [0.2, 0.25) is 0 Å². The van der Waals surface area contributed by atoms with Crippen LogP contribution in [-0.2, 0) is 9.84 Å². The summed E-state index contributed by atoms with van der Waals surface area (Å²) in [5, 5.41) is 6.99. The highest BCUT2D eigenvalue weighted by molar-refractivity contribution is 7.91. The van der Waals surface area contributed by atoms with Gasteiger partial charge in [0.25, 0.3) is 0 Å². The normalized spacial score (nSPS) is 28.7. The third-order valence-electron chi connectivity index (χ3n) is 4.94. The largest absolute Gasteiger partial charge is 0.333 e. The second-order valence-corrected chi connectivity index (χ2v) is 8.91. The average Bonchev–Trinajstić information content (AvgIpc) is 3.19. The first kappa shape index (κ1) is 16.3. The van der Waals surface area contributed by atoms with Crippen molar-refractivity contribution in [1.29, 1.82) is 0 Å². The summed E-state index contributed by atoms with van der Waals surface area (Å²) in [6.45, 7) is 0.798. The second kappa shape index (κ2) is 6.51. The van der Waals surface area contributed by atoms with E-state index < -0.39 is 15.1 Å². The fourth-order valence-electron chi connectivity index (χ4n) is 3.59. The molecular weight excluding hydrogens is 316 g/mol. The minimum absolute atomic E-state index is 0.0495. The van der Waals surface area contributed by atoms with Gasteiger partial charge in [-0.15, -0.1) is 0 Å². The van der Waals surface area contributed by atoms with Crippen LogP contribution in [0.3, 0.4) is 0 Å². The predicted molar refractivity (Wildman–Crippen MR) is 86.9 cm³/mol. The number of carbonyl (C=O) groups is 1. The van der Waals surface area contributed by atoms with Crippen LogP contribution < -0.4 is 5.32 Å². The van der Waals surface area contributed by atoms with Gasteiger partial charge in [0, 0.05) is 31.7 Å². The fraction of sp³-hybridized carbons (Fsp3) is 0.733. The van der Waals surface area contributed by atoms with Crippen molar-refractivity contribution >= 4 is 15.9 Å².